The molecule has 0 amide bonds. The van der Waals surface area contributed by atoms with Crippen molar-refractivity contribution in [2.24, 2.45) is 0 Å². The molecule has 0 aliphatic heterocycles. The van der Waals surface area contributed by atoms with Gasteiger partial charge in [0.05, 0.1) is 0 Å². The highest BCUT2D eigenvalue weighted by molar-refractivity contribution is 7.26. The minimum atomic E-state index is 0.655. The molecule has 2 aromatic heterocycles. The van der Waals surface area contributed by atoms with Gasteiger partial charge >= 0.3 is 0 Å². The molecule has 0 N–H and O–H groups in total. The summed E-state index contributed by atoms with van der Waals surface area (Å²) in [5.41, 5.74) is 10.1. The highest BCUT2D eigenvalue weighted by Crippen LogP contribution is 2.41. The number of aromatic nitrogens is 3. The Morgan fingerprint density at radius 3 is 1.53 bits per heavy atom. The van der Waals surface area contributed by atoms with Gasteiger partial charge in [0.25, 0.3) is 0 Å². The molecule has 0 fully saturated rings. The minimum absolute atomic E-state index is 0.655. The van der Waals surface area contributed by atoms with Crippen LogP contribution in [0.1, 0.15) is 0 Å². The van der Waals surface area contributed by atoms with E-state index in [2.05, 4.69) is 170 Å². The molecule has 0 unspecified atom stereocenters. The molecule has 4 heteroatoms. The molecule has 3 nitrogen and oxygen atoms in total. The molecule has 2 heterocycles. The lowest BCUT2D eigenvalue weighted by Crippen LogP contribution is -2.01. The number of thiophene rings is 1. The molecule has 10 aromatic rings. The molecule has 0 bridgehead atoms. The maximum Gasteiger partial charge on any atom is 0.165 e. The molecule has 0 atom stereocenters. The molecule has 8 aromatic carbocycles. The second-order valence-corrected chi connectivity index (χ2v) is 14.2. The van der Waals surface area contributed by atoms with Crippen molar-refractivity contribution < 1.29 is 0 Å². The van der Waals surface area contributed by atoms with Crippen molar-refractivity contribution >= 4 is 42.3 Å². The van der Waals surface area contributed by atoms with E-state index in [1.54, 1.807) is 11.3 Å². The first-order valence-electron chi connectivity index (χ1n) is 17.8. The molecule has 53 heavy (non-hydrogen) atoms. The quantitative estimate of drug-likeness (QED) is 0.174. The molecular formula is C49H31N3S. The molecule has 0 saturated carbocycles. The first kappa shape index (κ1) is 31.0. The minimum Gasteiger partial charge on any atom is -0.208 e. The van der Waals surface area contributed by atoms with Crippen molar-refractivity contribution in [2.45, 2.75) is 0 Å². The van der Waals surface area contributed by atoms with Crippen LogP contribution in [-0.2, 0) is 0 Å². The van der Waals surface area contributed by atoms with Gasteiger partial charge in [-0.1, -0.05) is 164 Å². The summed E-state index contributed by atoms with van der Waals surface area (Å²) in [6, 6.07) is 66.4. The summed E-state index contributed by atoms with van der Waals surface area (Å²) < 4.78 is 2.43. The second-order valence-electron chi connectivity index (χ2n) is 13.2. The van der Waals surface area contributed by atoms with Crippen molar-refractivity contribution in [3.05, 3.63) is 188 Å². The summed E-state index contributed by atoms with van der Waals surface area (Å²) in [4.78, 5) is 15.5. The van der Waals surface area contributed by atoms with Crippen LogP contribution in [0.2, 0.25) is 0 Å². The van der Waals surface area contributed by atoms with Gasteiger partial charge in [0.1, 0.15) is 0 Å². The number of hydrogen-bond donors (Lipinski definition) is 0. The summed E-state index contributed by atoms with van der Waals surface area (Å²) >= 11 is 1.79. The Kier molecular flexibility index (Phi) is 7.67. The summed E-state index contributed by atoms with van der Waals surface area (Å²) in [6.45, 7) is 0. The Morgan fingerprint density at radius 2 is 0.774 bits per heavy atom. The largest absolute Gasteiger partial charge is 0.208 e. The van der Waals surface area contributed by atoms with Crippen molar-refractivity contribution in [1.29, 1.82) is 0 Å². The molecule has 0 radical (unpaired) electrons. The van der Waals surface area contributed by atoms with Crippen LogP contribution in [0.15, 0.2) is 188 Å². The average molecular weight is 694 g/mol. The van der Waals surface area contributed by atoms with Crippen molar-refractivity contribution in [3.8, 4) is 67.5 Å². The summed E-state index contributed by atoms with van der Waals surface area (Å²) in [5.74, 6) is 1.98. The topological polar surface area (TPSA) is 38.7 Å². The van der Waals surface area contributed by atoms with Crippen LogP contribution < -0.4 is 0 Å². The standard InChI is InChI=1S/C49H31N3S/c1-3-13-32(14-4-1)33-25-27-34(28-26-33)36-17-11-18-37(31-36)38-29-30-43(40-20-8-7-19-39(38)40)48-50-47(35-15-5-2-6-16-35)51-49(52-48)44-23-12-22-42-41-21-9-10-24-45(41)53-46(42)44/h1-31H. The third kappa shape index (κ3) is 5.66. The lowest BCUT2D eigenvalue weighted by molar-refractivity contribution is 1.08. The maximum absolute atomic E-state index is 5.24. The van der Waals surface area contributed by atoms with Gasteiger partial charge in [0, 0.05) is 36.9 Å². The molecule has 0 aliphatic rings. The molecule has 0 aliphatic carbocycles. The Bertz CT molecular complexity index is 2930. The summed E-state index contributed by atoms with van der Waals surface area (Å²) in [5, 5.41) is 4.72. The van der Waals surface area contributed by atoms with E-state index in [1.807, 2.05) is 18.2 Å². The van der Waals surface area contributed by atoms with E-state index < -0.39 is 0 Å². The first-order valence-corrected chi connectivity index (χ1v) is 18.6. The van der Waals surface area contributed by atoms with Gasteiger partial charge in [-0.15, -0.1) is 11.3 Å². The van der Waals surface area contributed by atoms with E-state index in [0.29, 0.717) is 17.5 Å². The lowest BCUT2D eigenvalue weighted by atomic mass is 9.92. The van der Waals surface area contributed by atoms with E-state index in [0.717, 1.165) is 33.0 Å². The van der Waals surface area contributed by atoms with E-state index >= 15 is 0 Å². The predicted octanol–water partition coefficient (Wildman–Crippen LogP) is 13.4. The van der Waals surface area contributed by atoms with E-state index in [9.17, 15) is 0 Å². The third-order valence-electron chi connectivity index (χ3n) is 9.98. The third-order valence-corrected chi connectivity index (χ3v) is 11.2. The number of hydrogen-bond acceptors (Lipinski definition) is 4. The van der Waals surface area contributed by atoms with Gasteiger partial charge in [0.2, 0.25) is 0 Å². The van der Waals surface area contributed by atoms with Crippen molar-refractivity contribution in [3.63, 3.8) is 0 Å². The molecule has 0 saturated heterocycles. The van der Waals surface area contributed by atoms with Crippen LogP contribution in [0.5, 0.6) is 0 Å². The SMILES string of the molecule is c1ccc(-c2ccc(-c3cccc(-c4ccc(-c5nc(-c6ccccc6)nc(-c6cccc7c6sc6ccccc67)n5)c5ccccc45)c3)cc2)cc1. The number of fused-ring (bicyclic) bond motifs is 4. The highest BCUT2D eigenvalue weighted by Gasteiger charge is 2.18. The fraction of sp³-hybridized carbons (Fsp3) is 0. The molecule has 0 spiro atoms. The lowest BCUT2D eigenvalue weighted by Gasteiger charge is -2.14. The second kappa shape index (κ2) is 13.1. The zero-order valence-electron chi connectivity index (χ0n) is 28.6. The first-order chi connectivity index (χ1) is 26.3. The zero-order chi connectivity index (χ0) is 35.1. The summed E-state index contributed by atoms with van der Waals surface area (Å²) in [6.07, 6.45) is 0. The molecule has 10 rings (SSSR count). The van der Waals surface area contributed by atoms with Crippen molar-refractivity contribution in [1.82, 2.24) is 15.0 Å². The summed E-state index contributed by atoms with van der Waals surface area (Å²) in [7, 11) is 0. The van der Waals surface area contributed by atoms with Gasteiger partial charge < -0.3 is 0 Å². The van der Waals surface area contributed by atoms with Gasteiger partial charge in [-0.3, -0.25) is 0 Å². The van der Waals surface area contributed by atoms with Crippen LogP contribution in [-0.4, -0.2) is 15.0 Å². The van der Waals surface area contributed by atoms with Gasteiger partial charge in [0.15, 0.2) is 17.5 Å². The van der Waals surface area contributed by atoms with Gasteiger partial charge in [-0.05, 0) is 68.4 Å². The monoisotopic (exact) mass is 693 g/mol. The fourth-order valence-corrected chi connectivity index (χ4v) is 8.57. The van der Waals surface area contributed by atoms with Crippen LogP contribution in [0.25, 0.3) is 98.5 Å². The number of nitrogens with zero attached hydrogens (tertiary/aromatic N) is 3. The predicted molar refractivity (Wildman–Crippen MR) is 223 cm³/mol. The molecular weight excluding hydrogens is 663 g/mol. The van der Waals surface area contributed by atoms with Gasteiger partial charge in [-0.25, -0.2) is 15.0 Å². The van der Waals surface area contributed by atoms with Crippen LogP contribution >= 0.6 is 11.3 Å². The number of rotatable bonds is 6. The van der Waals surface area contributed by atoms with Crippen LogP contribution in [0, 0.1) is 0 Å². The Morgan fingerprint density at radius 1 is 0.283 bits per heavy atom. The Hall–Kier alpha value is -6.75. The van der Waals surface area contributed by atoms with Gasteiger partial charge in [-0.2, -0.15) is 0 Å². The van der Waals surface area contributed by atoms with Crippen LogP contribution in [0.3, 0.4) is 0 Å². The maximum atomic E-state index is 5.24. The Labute approximate surface area is 311 Å². The molecule has 248 valence electrons. The zero-order valence-corrected chi connectivity index (χ0v) is 29.5. The fourth-order valence-electron chi connectivity index (χ4n) is 7.35. The average Bonchev–Trinajstić information content (AvgIpc) is 3.63. The normalized spacial score (nSPS) is 11.4. The van der Waals surface area contributed by atoms with E-state index in [-0.39, 0.29) is 0 Å². The van der Waals surface area contributed by atoms with E-state index in [1.165, 1.54) is 48.0 Å². The number of benzene rings is 8. The van der Waals surface area contributed by atoms with Crippen LogP contribution in [0.4, 0.5) is 0 Å². The Balaban J connectivity index is 1.10. The van der Waals surface area contributed by atoms with Crippen molar-refractivity contribution in [2.75, 3.05) is 0 Å². The smallest absolute Gasteiger partial charge is 0.165 e. The highest BCUT2D eigenvalue weighted by atomic mass is 32.1. The van der Waals surface area contributed by atoms with E-state index in [4.69, 9.17) is 15.0 Å².